The zero-order chi connectivity index (χ0) is 17.8. The molecule has 1 atom stereocenters. The van der Waals surface area contributed by atoms with Gasteiger partial charge >= 0.3 is 0 Å². The molecule has 6 heteroatoms. The summed E-state index contributed by atoms with van der Waals surface area (Å²) < 4.78 is 5.11. The Bertz CT molecular complexity index is 728. The van der Waals surface area contributed by atoms with E-state index in [0.29, 0.717) is 19.7 Å². The van der Waals surface area contributed by atoms with Gasteiger partial charge in [0.15, 0.2) is 0 Å². The number of methoxy groups -OCH3 is 1. The predicted octanol–water partition coefficient (Wildman–Crippen LogP) is 2.62. The number of ether oxygens (including phenoxy) is 1. The number of nitrogens with zero attached hydrogens (tertiary/aromatic N) is 2. The van der Waals surface area contributed by atoms with Gasteiger partial charge in [-0.3, -0.25) is 9.59 Å². The molecule has 1 fully saturated rings. The van der Waals surface area contributed by atoms with Gasteiger partial charge in [-0.15, -0.1) is 11.3 Å². The largest absolute Gasteiger partial charge is 0.383 e. The van der Waals surface area contributed by atoms with Crippen LogP contribution >= 0.6 is 11.3 Å². The van der Waals surface area contributed by atoms with Gasteiger partial charge in [-0.05, 0) is 23.9 Å². The zero-order valence-corrected chi connectivity index (χ0v) is 15.3. The molecule has 0 radical (unpaired) electrons. The number of amides is 2. The lowest BCUT2D eigenvalue weighted by Crippen LogP contribution is -2.55. The Labute approximate surface area is 151 Å². The summed E-state index contributed by atoms with van der Waals surface area (Å²) in [5, 5.41) is 1.93. The molecular weight excluding hydrogens is 336 g/mol. The first-order chi connectivity index (χ1) is 12.1. The Morgan fingerprint density at radius 2 is 1.96 bits per heavy atom. The summed E-state index contributed by atoms with van der Waals surface area (Å²) >= 11 is 1.50. The van der Waals surface area contributed by atoms with Gasteiger partial charge in [0.1, 0.15) is 12.6 Å². The monoisotopic (exact) mass is 358 g/mol. The molecule has 1 aliphatic rings. The first-order valence-electron chi connectivity index (χ1n) is 8.26. The van der Waals surface area contributed by atoms with E-state index in [9.17, 15) is 9.59 Å². The maximum Gasteiger partial charge on any atom is 0.251 e. The molecule has 0 spiro atoms. The number of aryl methyl sites for hydroxylation is 1. The molecule has 0 saturated carbocycles. The van der Waals surface area contributed by atoms with Crippen molar-refractivity contribution >= 4 is 23.2 Å². The van der Waals surface area contributed by atoms with Gasteiger partial charge in [0.05, 0.1) is 6.61 Å². The Morgan fingerprint density at radius 3 is 2.60 bits per heavy atom. The molecule has 1 aromatic heterocycles. The van der Waals surface area contributed by atoms with Crippen LogP contribution in [0.1, 0.15) is 22.0 Å². The number of rotatable bonds is 6. The highest BCUT2D eigenvalue weighted by atomic mass is 32.1. The number of carbonyl (C=O) groups excluding carboxylic acids is 2. The third kappa shape index (κ3) is 3.91. The SMILES string of the molecule is COCCN1C(=O)CN(Cc2ccc(C)cc2)C(=O)[C@H]1c1cccs1. The van der Waals surface area contributed by atoms with Crippen molar-refractivity contribution in [1.82, 2.24) is 9.80 Å². The Balaban J connectivity index is 1.84. The van der Waals surface area contributed by atoms with Crippen molar-refractivity contribution in [2.75, 3.05) is 26.8 Å². The van der Waals surface area contributed by atoms with E-state index in [0.717, 1.165) is 10.4 Å². The number of hydrogen-bond acceptors (Lipinski definition) is 4. The summed E-state index contributed by atoms with van der Waals surface area (Å²) in [4.78, 5) is 30.0. The molecule has 2 heterocycles. The summed E-state index contributed by atoms with van der Waals surface area (Å²) in [5.41, 5.74) is 2.20. The Kier molecular flexibility index (Phi) is 5.50. The fourth-order valence-electron chi connectivity index (χ4n) is 3.00. The van der Waals surface area contributed by atoms with Crippen LogP contribution in [0.2, 0.25) is 0 Å². The molecule has 0 N–H and O–H groups in total. The Hall–Kier alpha value is -2.18. The Morgan fingerprint density at radius 1 is 1.20 bits per heavy atom. The fraction of sp³-hybridized carbons (Fsp3) is 0.368. The molecule has 2 aromatic rings. The van der Waals surface area contributed by atoms with Crippen molar-refractivity contribution in [3.05, 3.63) is 57.8 Å². The number of benzene rings is 1. The fourth-order valence-corrected chi connectivity index (χ4v) is 3.82. The van der Waals surface area contributed by atoms with Gasteiger partial charge in [-0.1, -0.05) is 35.9 Å². The van der Waals surface area contributed by atoms with Gasteiger partial charge < -0.3 is 14.5 Å². The van der Waals surface area contributed by atoms with E-state index in [1.807, 2.05) is 48.7 Å². The summed E-state index contributed by atoms with van der Waals surface area (Å²) in [6.45, 7) is 3.42. The van der Waals surface area contributed by atoms with Crippen LogP contribution in [0, 0.1) is 6.92 Å². The van der Waals surface area contributed by atoms with Gasteiger partial charge in [-0.25, -0.2) is 0 Å². The van der Waals surface area contributed by atoms with E-state index < -0.39 is 6.04 Å². The minimum absolute atomic E-state index is 0.0290. The van der Waals surface area contributed by atoms with Crippen LogP contribution in [-0.4, -0.2) is 48.4 Å². The maximum absolute atomic E-state index is 13.1. The summed E-state index contributed by atoms with van der Waals surface area (Å²) in [6.07, 6.45) is 0. The molecule has 0 aliphatic carbocycles. The van der Waals surface area contributed by atoms with Gasteiger partial charge in [0.2, 0.25) is 5.91 Å². The molecule has 1 saturated heterocycles. The third-order valence-corrected chi connectivity index (χ3v) is 5.27. The minimum Gasteiger partial charge on any atom is -0.383 e. The van der Waals surface area contributed by atoms with E-state index in [4.69, 9.17) is 4.74 Å². The van der Waals surface area contributed by atoms with Crippen LogP contribution in [0.4, 0.5) is 0 Å². The van der Waals surface area contributed by atoms with Crippen LogP contribution < -0.4 is 0 Å². The highest BCUT2D eigenvalue weighted by molar-refractivity contribution is 7.10. The zero-order valence-electron chi connectivity index (χ0n) is 14.5. The average Bonchev–Trinajstić information content (AvgIpc) is 3.12. The van der Waals surface area contributed by atoms with Crippen LogP contribution in [0.25, 0.3) is 0 Å². The number of thiophene rings is 1. The van der Waals surface area contributed by atoms with Crippen molar-refractivity contribution in [3.63, 3.8) is 0 Å². The minimum atomic E-state index is -0.554. The second kappa shape index (κ2) is 7.80. The van der Waals surface area contributed by atoms with Gasteiger partial charge in [0, 0.05) is 25.1 Å². The van der Waals surface area contributed by atoms with Crippen LogP contribution in [0.15, 0.2) is 41.8 Å². The average molecular weight is 358 g/mol. The second-order valence-corrected chi connectivity index (χ2v) is 7.16. The summed E-state index contributed by atoms with van der Waals surface area (Å²) in [6, 6.07) is 11.3. The van der Waals surface area contributed by atoms with Crippen LogP contribution in [-0.2, 0) is 20.9 Å². The summed E-state index contributed by atoms with van der Waals surface area (Å²) in [7, 11) is 1.60. The van der Waals surface area contributed by atoms with E-state index in [1.165, 1.54) is 16.9 Å². The topological polar surface area (TPSA) is 49.9 Å². The van der Waals surface area contributed by atoms with Gasteiger partial charge in [-0.2, -0.15) is 0 Å². The molecule has 0 bridgehead atoms. The van der Waals surface area contributed by atoms with E-state index in [2.05, 4.69) is 0 Å². The number of hydrogen-bond donors (Lipinski definition) is 0. The second-order valence-electron chi connectivity index (χ2n) is 6.18. The molecule has 132 valence electrons. The molecule has 2 amide bonds. The number of carbonyl (C=O) groups is 2. The lowest BCUT2D eigenvalue weighted by molar-refractivity contribution is -0.157. The molecule has 25 heavy (non-hydrogen) atoms. The lowest BCUT2D eigenvalue weighted by Gasteiger charge is -2.40. The molecule has 1 aliphatic heterocycles. The predicted molar refractivity (Wildman–Crippen MR) is 97.2 cm³/mol. The smallest absolute Gasteiger partial charge is 0.251 e. The van der Waals surface area contributed by atoms with Crippen molar-refractivity contribution in [3.8, 4) is 0 Å². The van der Waals surface area contributed by atoms with Crippen molar-refractivity contribution in [2.24, 2.45) is 0 Å². The first kappa shape index (κ1) is 17.6. The molecule has 5 nitrogen and oxygen atoms in total. The molecule has 0 unspecified atom stereocenters. The highest BCUT2D eigenvalue weighted by Crippen LogP contribution is 2.31. The maximum atomic E-state index is 13.1. The van der Waals surface area contributed by atoms with Crippen molar-refractivity contribution < 1.29 is 14.3 Å². The molecule has 3 rings (SSSR count). The van der Waals surface area contributed by atoms with Crippen molar-refractivity contribution in [2.45, 2.75) is 19.5 Å². The number of piperazine rings is 1. The lowest BCUT2D eigenvalue weighted by atomic mass is 10.1. The quantitative estimate of drug-likeness (QED) is 0.798. The van der Waals surface area contributed by atoms with Crippen LogP contribution in [0.5, 0.6) is 0 Å². The molecule has 1 aromatic carbocycles. The normalized spacial score (nSPS) is 18.1. The third-order valence-electron chi connectivity index (χ3n) is 4.35. The molecular formula is C19H22N2O3S. The van der Waals surface area contributed by atoms with E-state index >= 15 is 0 Å². The first-order valence-corrected chi connectivity index (χ1v) is 9.14. The standard InChI is InChI=1S/C19H22N2O3S/c1-14-5-7-15(8-6-14)12-20-13-17(22)21(9-10-24-2)18(19(20)23)16-4-3-11-25-16/h3-8,11,18H,9-10,12-13H2,1-2H3/t18-/m1/s1. The highest BCUT2D eigenvalue weighted by Gasteiger charge is 2.40. The van der Waals surface area contributed by atoms with Crippen LogP contribution in [0.3, 0.4) is 0 Å². The van der Waals surface area contributed by atoms with E-state index in [-0.39, 0.29) is 18.4 Å². The van der Waals surface area contributed by atoms with Crippen molar-refractivity contribution in [1.29, 1.82) is 0 Å². The summed E-state index contributed by atoms with van der Waals surface area (Å²) in [5.74, 6) is -0.0686. The van der Waals surface area contributed by atoms with E-state index in [1.54, 1.807) is 16.9 Å². The van der Waals surface area contributed by atoms with Gasteiger partial charge in [0.25, 0.3) is 5.91 Å².